The van der Waals surface area contributed by atoms with Crippen molar-refractivity contribution in [2.45, 2.75) is 13.3 Å². The Morgan fingerprint density at radius 2 is 1.90 bits per heavy atom. The number of carbonyl (C=O) groups is 1. The number of carbonyl (C=O) groups excluding carboxylic acids is 1. The summed E-state index contributed by atoms with van der Waals surface area (Å²) < 4.78 is 0. The molecule has 0 radical (unpaired) electrons. The summed E-state index contributed by atoms with van der Waals surface area (Å²) in [6.45, 7) is 1.54. The van der Waals surface area contributed by atoms with Gasteiger partial charge >= 0.3 is 0 Å². The highest BCUT2D eigenvalue weighted by molar-refractivity contribution is 7.07. The molecule has 0 atom stereocenters. The molecule has 0 saturated carbocycles. The summed E-state index contributed by atoms with van der Waals surface area (Å²) >= 11 is 1.71. The van der Waals surface area contributed by atoms with Gasteiger partial charge in [0.05, 0.1) is 0 Å². The van der Waals surface area contributed by atoms with Crippen molar-refractivity contribution < 1.29 is 9.90 Å². The summed E-state index contributed by atoms with van der Waals surface area (Å²) in [5.74, 6) is -0.995. The third-order valence-corrected chi connectivity index (χ3v) is 1.34. The molecule has 3 heteroatoms. The zero-order valence-corrected chi connectivity index (χ0v) is 6.56. The van der Waals surface area contributed by atoms with Gasteiger partial charge in [0.15, 0.2) is 0 Å². The summed E-state index contributed by atoms with van der Waals surface area (Å²) in [6.07, 6.45) is 0.111. The highest BCUT2D eigenvalue weighted by Crippen LogP contribution is 1.91. The fourth-order valence-corrected chi connectivity index (χ4v) is 0.680. The van der Waals surface area contributed by atoms with E-state index in [1.165, 1.54) is 6.92 Å². The van der Waals surface area contributed by atoms with E-state index in [1.54, 1.807) is 11.3 Å². The summed E-state index contributed by atoms with van der Waals surface area (Å²) in [5, 5.41) is 13.3. The van der Waals surface area contributed by atoms with E-state index in [0.717, 1.165) is 0 Å². The molecule has 0 saturated heterocycles. The van der Waals surface area contributed by atoms with Gasteiger partial charge in [0, 0.05) is 5.97 Å². The van der Waals surface area contributed by atoms with E-state index in [0.29, 0.717) is 0 Å². The van der Waals surface area contributed by atoms with E-state index in [1.807, 2.05) is 22.9 Å². The topological polar surface area (TPSA) is 40.1 Å². The number of rotatable bonds is 1. The van der Waals surface area contributed by atoms with Gasteiger partial charge in [-0.3, -0.25) is 0 Å². The largest absolute Gasteiger partial charge is 0.550 e. The normalized spacial score (nSPS) is 7.70. The number of thiophene rings is 1. The number of hydrogen-bond donors (Lipinski definition) is 0. The molecule has 0 aliphatic heterocycles. The van der Waals surface area contributed by atoms with Crippen molar-refractivity contribution in [2.75, 3.05) is 0 Å². The van der Waals surface area contributed by atoms with Gasteiger partial charge in [-0.2, -0.15) is 11.3 Å². The molecule has 56 valence electrons. The van der Waals surface area contributed by atoms with E-state index in [2.05, 4.69) is 0 Å². The Kier molecular flexibility index (Phi) is 5.77. The molecule has 0 bridgehead atoms. The summed E-state index contributed by atoms with van der Waals surface area (Å²) in [7, 11) is 0. The Morgan fingerprint density at radius 1 is 1.50 bits per heavy atom. The molecule has 0 spiro atoms. The summed E-state index contributed by atoms with van der Waals surface area (Å²) in [4.78, 5) is 9.26. The zero-order valence-electron chi connectivity index (χ0n) is 5.74. The molecule has 0 unspecified atom stereocenters. The molecule has 0 aliphatic carbocycles. The van der Waals surface area contributed by atoms with Crippen LogP contribution in [0.2, 0.25) is 0 Å². The van der Waals surface area contributed by atoms with Crippen molar-refractivity contribution in [1.82, 2.24) is 0 Å². The van der Waals surface area contributed by atoms with Gasteiger partial charge in [-0.1, -0.05) is 19.1 Å². The quantitative estimate of drug-likeness (QED) is 0.607. The Hall–Kier alpha value is -0.830. The molecule has 1 aromatic heterocycles. The smallest absolute Gasteiger partial charge is 0.0411 e. The third-order valence-electron chi connectivity index (χ3n) is 0.714. The van der Waals surface area contributed by atoms with E-state index >= 15 is 0 Å². The predicted molar refractivity (Wildman–Crippen MR) is 39.6 cm³/mol. The minimum Gasteiger partial charge on any atom is -0.550 e. The SMILES string of the molecule is CCC(=O)[O-].c1ccsc1. The van der Waals surface area contributed by atoms with Crippen molar-refractivity contribution in [3.05, 3.63) is 22.9 Å². The van der Waals surface area contributed by atoms with Crippen LogP contribution in [0.1, 0.15) is 13.3 Å². The van der Waals surface area contributed by atoms with E-state index < -0.39 is 5.97 Å². The maximum atomic E-state index is 9.26. The van der Waals surface area contributed by atoms with Crippen LogP contribution >= 0.6 is 11.3 Å². The van der Waals surface area contributed by atoms with Crippen LogP contribution in [0.4, 0.5) is 0 Å². The Balaban J connectivity index is 0.000000162. The first-order valence-corrected chi connectivity index (χ1v) is 3.88. The van der Waals surface area contributed by atoms with Crippen LogP contribution < -0.4 is 5.11 Å². The lowest BCUT2D eigenvalue weighted by Gasteiger charge is -1.87. The highest BCUT2D eigenvalue weighted by Gasteiger charge is 1.65. The van der Waals surface area contributed by atoms with Gasteiger partial charge in [-0.15, -0.1) is 0 Å². The van der Waals surface area contributed by atoms with E-state index in [4.69, 9.17) is 0 Å². The molecule has 1 rings (SSSR count). The van der Waals surface area contributed by atoms with Crippen molar-refractivity contribution in [3.8, 4) is 0 Å². The second-order valence-corrected chi connectivity index (χ2v) is 2.34. The second-order valence-electron chi connectivity index (χ2n) is 1.52. The first kappa shape index (κ1) is 9.17. The number of carboxylic acids is 1. The van der Waals surface area contributed by atoms with Crippen LogP contribution in [0.25, 0.3) is 0 Å². The second kappa shape index (κ2) is 6.29. The Bertz CT molecular complexity index is 141. The summed E-state index contributed by atoms with van der Waals surface area (Å²) in [5.41, 5.74) is 0. The van der Waals surface area contributed by atoms with Gasteiger partial charge in [-0.25, -0.2) is 0 Å². The number of carboxylic acid groups (broad SMARTS) is 1. The van der Waals surface area contributed by atoms with Gasteiger partial charge in [0.2, 0.25) is 0 Å². The first-order valence-electron chi connectivity index (χ1n) is 2.94. The maximum Gasteiger partial charge on any atom is 0.0411 e. The number of aliphatic carboxylic acids is 1. The molecule has 0 aromatic carbocycles. The van der Waals surface area contributed by atoms with Crippen LogP contribution in [0.15, 0.2) is 22.9 Å². The van der Waals surface area contributed by atoms with Crippen LogP contribution in [0.5, 0.6) is 0 Å². The molecular formula is C7H9O2S-. The molecule has 0 fully saturated rings. The fourth-order valence-electron chi connectivity index (χ4n) is 0.227. The fraction of sp³-hybridized carbons (Fsp3) is 0.286. The van der Waals surface area contributed by atoms with Gasteiger partial charge in [0.25, 0.3) is 0 Å². The monoisotopic (exact) mass is 157 g/mol. The van der Waals surface area contributed by atoms with Gasteiger partial charge < -0.3 is 9.90 Å². The van der Waals surface area contributed by atoms with Crippen LogP contribution in [0.3, 0.4) is 0 Å². The van der Waals surface area contributed by atoms with Crippen LogP contribution in [0, 0.1) is 0 Å². The van der Waals surface area contributed by atoms with E-state index in [9.17, 15) is 9.90 Å². The van der Waals surface area contributed by atoms with Crippen molar-refractivity contribution in [2.24, 2.45) is 0 Å². The molecular weight excluding hydrogens is 148 g/mol. The van der Waals surface area contributed by atoms with Gasteiger partial charge in [-0.05, 0) is 17.2 Å². The lowest BCUT2D eigenvalue weighted by atomic mass is 10.5. The summed E-state index contributed by atoms with van der Waals surface area (Å²) in [6, 6.07) is 4.04. The van der Waals surface area contributed by atoms with Crippen molar-refractivity contribution in [3.63, 3.8) is 0 Å². The molecule has 10 heavy (non-hydrogen) atoms. The molecule has 0 aliphatic rings. The maximum absolute atomic E-state index is 9.26. The Labute approximate surface area is 64.1 Å². The Morgan fingerprint density at radius 3 is 2.00 bits per heavy atom. The average molecular weight is 157 g/mol. The molecule has 1 aromatic rings. The minimum atomic E-state index is -0.995. The van der Waals surface area contributed by atoms with Crippen molar-refractivity contribution >= 4 is 17.3 Å². The van der Waals surface area contributed by atoms with Gasteiger partial charge in [0.1, 0.15) is 0 Å². The highest BCUT2D eigenvalue weighted by atomic mass is 32.1. The van der Waals surface area contributed by atoms with E-state index in [-0.39, 0.29) is 6.42 Å². The molecule has 0 amide bonds. The zero-order chi connectivity index (χ0) is 7.82. The average Bonchev–Trinajstić information content (AvgIpc) is 2.43. The lowest BCUT2D eigenvalue weighted by molar-refractivity contribution is -0.305. The van der Waals surface area contributed by atoms with Crippen molar-refractivity contribution in [1.29, 1.82) is 0 Å². The standard InChI is InChI=1S/C4H4S.C3H6O2/c1-2-4-5-3-1;1-2-3(4)5/h1-4H;2H2,1H3,(H,4,5)/p-1. The minimum absolute atomic E-state index is 0.111. The lowest BCUT2D eigenvalue weighted by Crippen LogP contribution is -2.19. The molecule has 1 heterocycles. The predicted octanol–water partition coefficient (Wildman–Crippen LogP) is 0.894. The molecule has 2 nitrogen and oxygen atoms in total. The number of hydrogen-bond acceptors (Lipinski definition) is 3. The molecule has 0 N–H and O–H groups in total. The van der Waals surface area contributed by atoms with Crippen LogP contribution in [-0.2, 0) is 4.79 Å². The third kappa shape index (κ3) is 7.17. The van der Waals surface area contributed by atoms with Crippen LogP contribution in [-0.4, -0.2) is 5.97 Å². The first-order chi connectivity index (χ1) is 4.77.